The molecule has 0 saturated carbocycles. The molecular formula is C20H43N7O4S+2. The van der Waals surface area contributed by atoms with Crippen LogP contribution in [0.2, 0.25) is 0 Å². The Bertz CT molecular complexity index is 632. The van der Waals surface area contributed by atoms with Gasteiger partial charge in [0.2, 0.25) is 23.6 Å². The largest absolute Gasteiger partial charge is 0.349 e. The molecule has 2 atom stereocenters. The minimum atomic E-state index is -0.889. The van der Waals surface area contributed by atoms with Gasteiger partial charge in [-0.15, -0.1) is 0 Å². The molecular weight excluding hydrogens is 434 g/mol. The standard InChI is InChI=1S/C20H41N7O4S/c1-26(2,3)11-9-22-18(29)13-24-20(31)16(14-32)25-17(28)8-7-15(21)19(30)23-10-12-27(4,5)6/h15-16H,7-14,21H2,1-6H3,(H3-2,22,23,24,25,28,29,30,31,32)/p+2/t15-,16-/m0/s1. The van der Waals surface area contributed by atoms with Crippen LogP contribution in [-0.2, 0) is 19.2 Å². The maximum Gasteiger partial charge on any atom is 0.243 e. The third kappa shape index (κ3) is 15.8. The fraction of sp³-hybridized carbons (Fsp3) is 0.800. The van der Waals surface area contributed by atoms with Crippen LogP contribution in [0.5, 0.6) is 0 Å². The number of nitrogens with one attached hydrogen (secondary N) is 4. The smallest absolute Gasteiger partial charge is 0.243 e. The second-order valence-electron chi connectivity index (χ2n) is 9.83. The van der Waals surface area contributed by atoms with Gasteiger partial charge in [0.15, 0.2) is 0 Å². The fourth-order valence-electron chi connectivity index (χ4n) is 2.41. The van der Waals surface area contributed by atoms with Crippen molar-refractivity contribution in [3.8, 4) is 0 Å². The Hall–Kier alpha value is -1.89. The SMILES string of the molecule is C[N+](C)(C)CCNC(=O)CNC(=O)[C@H](CS)NC(=O)CC[C@H](N)C(=O)NCC[N+](C)(C)C. The molecule has 0 fully saturated rings. The average Bonchev–Trinajstić information content (AvgIpc) is 2.66. The average molecular weight is 478 g/mol. The number of carbonyl (C=O) groups excluding carboxylic acids is 4. The summed E-state index contributed by atoms with van der Waals surface area (Å²) in [7, 11) is 12.1. The molecule has 0 bridgehead atoms. The second-order valence-corrected chi connectivity index (χ2v) is 10.2. The maximum atomic E-state index is 12.2. The highest BCUT2D eigenvalue weighted by atomic mass is 32.1. The fourth-order valence-corrected chi connectivity index (χ4v) is 2.66. The van der Waals surface area contributed by atoms with Crippen LogP contribution in [0, 0.1) is 0 Å². The van der Waals surface area contributed by atoms with Crippen molar-refractivity contribution in [1.29, 1.82) is 0 Å². The number of amides is 4. The first kappa shape index (κ1) is 30.1. The quantitative estimate of drug-likeness (QED) is 0.112. The summed E-state index contributed by atoms with van der Waals surface area (Å²) in [6.07, 6.45) is 0.144. The van der Waals surface area contributed by atoms with Gasteiger partial charge in [-0.05, 0) is 6.42 Å². The van der Waals surface area contributed by atoms with E-state index in [1.807, 2.05) is 42.3 Å². The monoisotopic (exact) mass is 477 g/mol. The lowest BCUT2D eigenvalue weighted by atomic mass is 10.1. The van der Waals surface area contributed by atoms with Gasteiger partial charge >= 0.3 is 0 Å². The minimum Gasteiger partial charge on any atom is -0.349 e. The van der Waals surface area contributed by atoms with Crippen LogP contribution >= 0.6 is 12.6 Å². The van der Waals surface area contributed by atoms with Crippen molar-refractivity contribution in [2.45, 2.75) is 24.9 Å². The summed E-state index contributed by atoms with van der Waals surface area (Å²) in [5.74, 6) is -1.47. The molecule has 0 rings (SSSR count). The van der Waals surface area contributed by atoms with Crippen LogP contribution in [0.1, 0.15) is 12.8 Å². The highest BCUT2D eigenvalue weighted by Crippen LogP contribution is 1.98. The molecule has 0 spiro atoms. The van der Waals surface area contributed by atoms with Crippen molar-refractivity contribution in [3.05, 3.63) is 0 Å². The summed E-state index contributed by atoms with van der Waals surface area (Å²) in [6.45, 7) is 2.31. The van der Waals surface area contributed by atoms with E-state index < -0.39 is 23.9 Å². The van der Waals surface area contributed by atoms with E-state index in [2.05, 4.69) is 33.9 Å². The molecule has 0 aromatic carbocycles. The number of hydrogen-bond acceptors (Lipinski definition) is 6. The summed E-state index contributed by atoms with van der Waals surface area (Å²) in [6, 6.07) is -1.70. The summed E-state index contributed by atoms with van der Waals surface area (Å²) in [5, 5.41) is 10.5. The Morgan fingerprint density at radius 2 is 1.34 bits per heavy atom. The van der Waals surface area contributed by atoms with Gasteiger partial charge in [-0.25, -0.2) is 0 Å². The van der Waals surface area contributed by atoms with Crippen LogP contribution in [0.3, 0.4) is 0 Å². The molecule has 32 heavy (non-hydrogen) atoms. The van der Waals surface area contributed by atoms with Gasteiger partial charge in [0.1, 0.15) is 6.04 Å². The lowest BCUT2D eigenvalue weighted by Gasteiger charge is -2.24. The summed E-state index contributed by atoms with van der Waals surface area (Å²) < 4.78 is 1.42. The molecule has 12 heteroatoms. The minimum absolute atomic E-state index is 0.00693. The highest BCUT2D eigenvalue weighted by Gasteiger charge is 2.21. The van der Waals surface area contributed by atoms with Crippen molar-refractivity contribution in [1.82, 2.24) is 21.3 Å². The van der Waals surface area contributed by atoms with Gasteiger partial charge in [-0.1, -0.05) is 0 Å². The van der Waals surface area contributed by atoms with Crippen molar-refractivity contribution in [2.24, 2.45) is 5.73 Å². The Labute approximate surface area is 197 Å². The Morgan fingerprint density at radius 1 is 0.812 bits per heavy atom. The van der Waals surface area contributed by atoms with Crippen molar-refractivity contribution >= 4 is 36.3 Å². The van der Waals surface area contributed by atoms with Gasteiger partial charge in [-0.2, -0.15) is 12.6 Å². The predicted octanol–water partition coefficient (Wildman–Crippen LogP) is -2.73. The lowest BCUT2D eigenvalue weighted by Crippen LogP contribution is -2.51. The molecule has 186 valence electrons. The summed E-state index contributed by atoms with van der Waals surface area (Å²) >= 11 is 4.10. The topological polar surface area (TPSA) is 142 Å². The number of quaternary nitrogens is 2. The first-order chi connectivity index (χ1) is 14.6. The number of nitrogens with zero attached hydrogens (tertiary/aromatic N) is 2. The molecule has 0 heterocycles. The van der Waals surface area contributed by atoms with E-state index >= 15 is 0 Å². The normalized spacial score (nSPS) is 13.6. The zero-order valence-corrected chi connectivity index (χ0v) is 21.3. The van der Waals surface area contributed by atoms with E-state index in [-0.39, 0.29) is 37.0 Å². The third-order valence-corrected chi connectivity index (χ3v) is 4.83. The van der Waals surface area contributed by atoms with Crippen molar-refractivity contribution in [3.63, 3.8) is 0 Å². The first-order valence-electron chi connectivity index (χ1n) is 10.7. The number of hydrogen-bond donors (Lipinski definition) is 6. The van der Waals surface area contributed by atoms with Gasteiger partial charge in [0, 0.05) is 12.2 Å². The molecule has 0 aliphatic carbocycles. The lowest BCUT2D eigenvalue weighted by molar-refractivity contribution is -0.869. The van der Waals surface area contributed by atoms with E-state index in [1.54, 1.807) is 0 Å². The van der Waals surface area contributed by atoms with Crippen molar-refractivity contribution < 1.29 is 28.1 Å². The van der Waals surface area contributed by atoms with Crippen LogP contribution in [0.15, 0.2) is 0 Å². The maximum absolute atomic E-state index is 12.2. The number of carbonyl (C=O) groups is 4. The molecule has 0 saturated heterocycles. The molecule has 0 aromatic heterocycles. The first-order valence-corrected chi connectivity index (χ1v) is 11.4. The van der Waals surface area contributed by atoms with Crippen LogP contribution in [-0.4, -0.2) is 125 Å². The van der Waals surface area contributed by atoms with E-state index in [1.165, 1.54) is 0 Å². The third-order valence-electron chi connectivity index (χ3n) is 4.46. The molecule has 4 amide bonds. The number of nitrogens with two attached hydrogens (primary N) is 1. The molecule has 0 radical (unpaired) electrons. The molecule has 0 aromatic rings. The summed E-state index contributed by atoms with van der Waals surface area (Å²) in [4.78, 5) is 48.3. The molecule has 0 aliphatic heterocycles. The van der Waals surface area contributed by atoms with Gasteiger partial charge < -0.3 is 36.0 Å². The molecule has 11 nitrogen and oxygen atoms in total. The van der Waals surface area contributed by atoms with Gasteiger partial charge in [0.25, 0.3) is 0 Å². The number of rotatable bonds is 15. The van der Waals surface area contributed by atoms with E-state index in [0.717, 1.165) is 13.1 Å². The van der Waals surface area contributed by atoms with Crippen molar-refractivity contribution in [2.75, 3.05) is 80.8 Å². The Balaban J connectivity index is 4.28. The Kier molecular flexibility index (Phi) is 13.5. The number of thiol groups is 1. The zero-order chi connectivity index (χ0) is 24.9. The highest BCUT2D eigenvalue weighted by molar-refractivity contribution is 7.80. The molecule has 0 aliphatic rings. The van der Waals surface area contributed by atoms with E-state index in [4.69, 9.17) is 5.73 Å². The van der Waals surface area contributed by atoms with Gasteiger partial charge in [-0.3, -0.25) is 19.2 Å². The van der Waals surface area contributed by atoms with Crippen LogP contribution < -0.4 is 27.0 Å². The van der Waals surface area contributed by atoms with Gasteiger partial charge in [0.05, 0.1) is 81.1 Å². The van der Waals surface area contributed by atoms with Crippen LogP contribution in [0.25, 0.3) is 0 Å². The second kappa shape index (κ2) is 14.3. The molecule has 6 N–H and O–H groups in total. The van der Waals surface area contributed by atoms with E-state index in [9.17, 15) is 19.2 Å². The molecule has 0 unspecified atom stereocenters. The summed E-state index contributed by atoms with van der Waals surface area (Å²) in [5.41, 5.74) is 5.85. The number of likely N-dealkylation sites (N-methyl/N-ethyl adjacent to an activating group) is 2. The van der Waals surface area contributed by atoms with E-state index in [0.29, 0.717) is 22.1 Å². The van der Waals surface area contributed by atoms with Crippen LogP contribution in [0.4, 0.5) is 0 Å². The zero-order valence-electron chi connectivity index (χ0n) is 20.4. The predicted molar refractivity (Wildman–Crippen MR) is 128 cm³/mol. The Morgan fingerprint density at radius 3 is 1.84 bits per heavy atom.